The summed E-state index contributed by atoms with van der Waals surface area (Å²) >= 11 is 0. The fourth-order valence-electron chi connectivity index (χ4n) is 5.57. The number of amides is 1. The molecule has 0 aliphatic carbocycles. The van der Waals surface area contributed by atoms with Crippen LogP contribution in [0.1, 0.15) is 27.0 Å². The van der Waals surface area contributed by atoms with Gasteiger partial charge in [-0.1, -0.05) is 24.3 Å². The van der Waals surface area contributed by atoms with Crippen LogP contribution in [0.25, 0.3) is 21.8 Å². The van der Waals surface area contributed by atoms with E-state index in [1.807, 2.05) is 24.3 Å². The second kappa shape index (κ2) is 11.0. The molecular formula is C33H31N3O5. The first kappa shape index (κ1) is 26.4. The van der Waals surface area contributed by atoms with Gasteiger partial charge in [0.25, 0.3) is 5.91 Å². The van der Waals surface area contributed by atoms with Crippen LogP contribution in [0.4, 0.5) is 5.69 Å². The maximum atomic E-state index is 13.2. The van der Waals surface area contributed by atoms with Crippen molar-refractivity contribution >= 4 is 33.4 Å². The summed E-state index contributed by atoms with van der Waals surface area (Å²) < 4.78 is 10.9. The number of pyridine rings is 1. The number of nitrogens with one attached hydrogen (secondary N) is 2. The van der Waals surface area contributed by atoms with E-state index >= 15 is 0 Å². The maximum absolute atomic E-state index is 13.2. The monoisotopic (exact) mass is 549 g/mol. The molecule has 0 radical (unpaired) electrons. The number of fused-ring (bicyclic) bond motifs is 3. The van der Waals surface area contributed by atoms with Gasteiger partial charge < -0.3 is 24.9 Å². The van der Waals surface area contributed by atoms with E-state index in [4.69, 9.17) is 9.47 Å². The molecule has 1 aliphatic heterocycles. The van der Waals surface area contributed by atoms with Crippen LogP contribution < -0.4 is 20.2 Å². The highest BCUT2D eigenvalue weighted by molar-refractivity contribution is 6.13. The van der Waals surface area contributed by atoms with Crippen molar-refractivity contribution in [3.8, 4) is 17.2 Å². The quantitative estimate of drug-likeness (QED) is 0.240. The minimum atomic E-state index is -0.340. The molecular weight excluding hydrogens is 518 g/mol. The SMILES string of the molecule is COc1cc2c(cc1OC)CN(CCc1ccc(NC(=O)c3cccc4c(=O)c5cccc(O)c5[nH]c34)cc1)CC2. The van der Waals surface area contributed by atoms with Crippen LogP contribution >= 0.6 is 0 Å². The number of hydrogen-bond donors (Lipinski definition) is 3. The predicted octanol–water partition coefficient (Wildman–Crippen LogP) is 5.26. The minimum Gasteiger partial charge on any atom is -0.506 e. The molecule has 5 aromatic rings. The Morgan fingerprint density at radius 3 is 2.34 bits per heavy atom. The van der Waals surface area contributed by atoms with Crippen LogP contribution in [-0.2, 0) is 19.4 Å². The van der Waals surface area contributed by atoms with Gasteiger partial charge in [0.05, 0.1) is 30.8 Å². The lowest BCUT2D eigenvalue weighted by Crippen LogP contribution is -2.32. The Balaban J connectivity index is 1.13. The topological polar surface area (TPSA) is 104 Å². The third kappa shape index (κ3) is 5.10. The number of methoxy groups -OCH3 is 2. The largest absolute Gasteiger partial charge is 0.506 e. The van der Waals surface area contributed by atoms with Gasteiger partial charge in [0, 0.05) is 36.1 Å². The zero-order chi connectivity index (χ0) is 28.5. The summed E-state index contributed by atoms with van der Waals surface area (Å²) in [5, 5.41) is 14.0. The van der Waals surface area contributed by atoms with Crippen LogP contribution in [0.5, 0.6) is 17.2 Å². The normalized spacial score (nSPS) is 13.2. The van der Waals surface area contributed by atoms with Gasteiger partial charge in [-0.05, 0) is 78.1 Å². The molecule has 3 N–H and O–H groups in total. The highest BCUT2D eigenvalue weighted by Crippen LogP contribution is 2.33. The van der Waals surface area contributed by atoms with Crippen LogP contribution in [-0.4, -0.2) is 48.2 Å². The fraction of sp³-hybridized carbons (Fsp3) is 0.212. The summed E-state index contributed by atoms with van der Waals surface area (Å²) in [6.45, 7) is 2.77. The average molecular weight is 550 g/mol. The molecule has 4 aromatic carbocycles. The first-order valence-electron chi connectivity index (χ1n) is 13.6. The Hall–Kier alpha value is -4.82. The van der Waals surface area contributed by atoms with Gasteiger partial charge in [-0.25, -0.2) is 0 Å². The van der Waals surface area contributed by atoms with E-state index in [2.05, 4.69) is 27.3 Å². The van der Waals surface area contributed by atoms with Gasteiger partial charge in [0.2, 0.25) is 0 Å². The van der Waals surface area contributed by atoms with E-state index in [9.17, 15) is 14.7 Å². The highest BCUT2D eigenvalue weighted by Gasteiger charge is 2.20. The van der Waals surface area contributed by atoms with E-state index < -0.39 is 0 Å². The Labute approximate surface area is 237 Å². The number of carbonyl (C=O) groups is 1. The summed E-state index contributed by atoms with van der Waals surface area (Å²) in [7, 11) is 3.32. The zero-order valence-corrected chi connectivity index (χ0v) is 23.0. The molecule has 8 heteroatoms. The molecule has 6 rings (SSSR count). The number of hydrogen-bond acceptors (Lipinski definition) is 6. The van der Waals surface area contributed by atoms with Crippen molar-refractivity contribution in [2.45, 2.75) is 19.4 Å². The molecule has 0 saturated heterocycles. The van der Waals surface area contributed by atoms with Gasteiger partial charge >= 0.3 is 0 Å². The molecule has 0 fully saturated rings. The lowest BCUT2D eigenvalue weighted by Gasteiger charge is -2.29. The summed E-state index contributed by atoms with van der Waals surface area (Å²) in [6, 6.07) is 21.8. The number of nitrogens with zero attached hydrogens (tertiary/aromatic N) is 1. The van der Waals surface area contributed by atoms with Crippen molar-refractivity contribution in [3.63, 3.8) is 0 Å². The molecule has 41 heavy (non-hydrogen) atoms. The van der Waals surface area contributed by atoms with Gasteiger partial charge in [0.15, 0.2) is 16.9 Å². The Kier molecular flexibility index (Phi) is 7.07. The number of rotatable bonds is 7. The third-order valence-electron chi connectivity index (χ3n) is 7.82. The van der Waals surface area contributed by atoms with Crippen molar-refractivity contribution in [1.29, 1.82) is 0 Å². The number of ether oxygens (including phenoxy) is 2. The van der Waals surface area contributed by atoms with Crippen molar-refractivity contribution in [1.82, 2.24) is 9.88 Å². The first-order chi connectivity index (χ1) is 19.9. The van der Waals surface area contributed by atoms with Crippen LogP contribution in [0.2, 0.25) is 0 Å². The van der Waals surface area contributed by atoms with Gasteiger partial charge in [-0.2, -0.15) is 0 Å². The number of carbonyl (C=O) groups excluding carboxylic acids is 1. The van der Waals surface area contributed by atoms with E-state index in [-0.39, 0.29) is 17.1 Å². The van der Waals surface area contributed by atoms with Crippen molar-refractivity contribution < 1.29 is 19.4 Å². The number of aromatic nitrogens is 1. The molecule has 1 aliphatic rings. The molecule has 0 saturated carbocycles. The summed E-state index contributed by atoms with van der Waals surface area (Å²) in [5.74, 6) is 1.15. The fourth-order valence-corrected chi connectivity index (χ4v) is 5.57. The molecule has 0 spiro atoms. The Morgan fingerprint density at radius 2 is 1.61 bits per heavy atom. The van der Waals surface area contributed by atoms with Gasteiger partial charge in [0.1, 0.15) is 5.75 Å². The Morgan fingerprint density at radius 1 is 0.927 bits per heavy atom. The lowest BCUT2D eigenvalue weighted by atomic mass is 9.98. The molecule has 1 aromatic heterocycles. The number of para-hydroxylation sites is 2. The van der Waals surface area contributed by atoms with Crippen molar-refractivity contribution in [3.05, 3.63) is 105 Å². The maximum Gasteiger partial charge on any atom is 0.257 e. The number of benzene rings is 4. The summed E-state index contributed by atoms with van der Waals surface area (Å²) in [6.07, 6.45) is 1.85. The molecule has 0 atom stereocenters. The van der Waals surface area contributed by atoms with E-state index in [1.165, 1.54) is 22.8 Å². The van der Waals surface area contributed by atoms with Crippen LogP contribution in [0.15, 0.2) is 77.6 Å². The Bertz CT molecular complexity index is 1830. The van der Waals surface area contributed by atoms with Crippen molar-refractivity contribution in [2.24, 2.45) is 0 Å². The number of aromatic amines is 1. The second-order valence-electron chi connectivity index (χ2n) is 10.3. The number of phenolic OH excluding ortho intramolecular Hbond substituents is 1. The van der Waals surface area contributed by atoms with Gasteiger partial charge in [-0.15, -0.1) is 0 Å². The molecule has 0 bridgehead atoms. The van der Waals surface area contributed by atoms with E-state index in [1.54, 1.807) is 44.6 Å². The predicted molar refractivity (Wildman–Crippen MR) is 160 cm³/mol. The summed E-state index contributed by atoms with van der Waals surface area (Å²) in [4.78, 5) is 31.8. The standard InChI is InChI=1S/C33H31N3O5/c1-40-28-17-21-14-16-36(19-22(21)18-29(28)41-2)15-13-20-9-11-23(12-10-20)34-33(39)26-7-3-5-24-30(26)35-31-25(32(24)38)6-4-8-27(31)37/h3-12,17-18,37H,13-16,19H2,1-2H3,(H,34,39)(H,35,38). The lowest BCUT2D eigenvalue weighted by molar-refractivity contribution is 0.102. The van der Waals surface area contributed by atoms with E-state index in [0.29, 0.717) is 33.1 Å². The smallest absolute Gasteiger partial charge is 0.257 e. The van der Waals surface area contributed by atoms with E-state index in [0.717, 1.165) is 44.0 Å². The van der Waals surface area contributed by atoms with Crippen LogP contribution in [0.3, 0.4) is 0 Å². The zero-order valence-electron chi connectivity index (χ0n) is 23.0. The number of phenols is 1. The number of anilines is 1. The molecule has 8 nitrogen and oxygen atoms in total. The number of aromatic hydroxyl groups is 1. The molecule has 2 heterocycles. The second-order valence-corrected chi connectivity index (χ2v) is 10.3. The van der Waals surface area contributed by atoms with Crippen molar-refractivity contribution in [2.75, 3.05) is 32.6 Å². The third-order valence-corrected chi connectivity index (χ3v) is 7.82. The molecule has 0 unspecified atom stereocenters. The first-order valence-corrected chi connectivity index (χ1v) is 13.6. The highest BCUT2D eigenvalue weighted by atomic mass is 16.5. The minimum absolute atomic E-state index is 0.0407. The average Bonchev–Trinajstić information content (AvgIpc) is 3.00. The van der Waals surface area contributed by atoms with Gasteiger partial charge in [-0.3, -0.25) is 14.5 Å². The molecule has 1 amide bonds. The number of H-pyrrole nitrogens is 1. The van der Waals surface area contributed by atoms with Crippen LogP contribution in [0, 0.1) is 0 Å². The summed E-state index contributed by atoms with van der Waals surface area (Å²) in [5.41, 5.74) is 5.20. The molecule has 208 valence electrons.